The normalized spacial score (nSPS) is 11.3. The van der Waals surface area contributed by atoms with E-state index in [-0.39, 0.29) is 17.0 Å². The monoisotopic (exact) mass is 499 g/mol. The van der Waals surface area contributed by atoms with Crippen molar-refractivity contribution in [1.29, 1.82) is 0 Å². The van der Waals surface area contributed by atoms with Crippen LogP contribution in [-0.2, 0) is 4.74 Å². The molecule has 0 unspecified atom stereocenters. The number of methoxy groups -OCH3 is 1. The van der Waals surface area contributed by atoms with Crippen LogP contribution in [0.25, 0.3) is 0 Å². The number of anilines is 1. The summed E-state index contributed by atoms with van der Waals surface area (Å²) in [6, 6.07) is 28.1. The minimum absolute atomic E-state index is 0.110. The number of carbonyl (C=O) groups excluding carboxylic acids is 3. The highest BCUT2D eigenvalue weighted by Crippen LogP contribution is 2.27. The van der Waals surface area contributed by atoms with Crippen molar-refractivity contribution in [2.75, 3.05) is 12.4 Å². The first-order chi connectivity index (χ1) is 17.5. The van der Waals surface area contributed by atoms with E-state index < -0.39 is 18.0 Å². The van der Waals surface area contributed by atoms with Gasteiger partial charge in [-0.25, -0.2) is 4.79 Å². The molecule has 0 aliphatic rings. The van der Waals surface area contributed by atoms with Gasteiger partial charge in [-0.1, -0.05) is 66.2 Å². The summed E-state index contributed by atoms with van der Waals surface area (Å²) in [5, 5.41) is 3.23. The van der Waals surface area contributed by atoms with E-state index in [1.807, 2.05) is 0 Å². The van der Waals surface area contributed by atoms with Crippen molar-refractivity contribution in [2.45, 2.75) is 6.10 Å². The molecule has 0 fully saturated rings. The minimum atomic E-state index is -1.21. The minimum Gasteiger partial charge on any atom is -0.497 e. The summed E-state index contributed by atoms with van der Waals surface area (Å²) in [6.07, 6.45) is -1.21. The highest BCUT2D eigenvalue weighted by Gasteiger charge is 2.28. The molecule has 4 aromatic carbocycles. The number of amides is 1. The Morgan fingerprint density at radius 2 is 1.39 bits per heavy atom. The van der Waals surface area contributed by atoms with E-state index in [1.54, 1.807) is 97.1 Å². The zero-order valence-corrected chi connectivity index (χ0v) is 20.1. The van der Waals surface area contributed by atoms with Crippen LogP contribution in [0.2, 0.25) is 5.02 Å². The lowest BCUT2D eigenvalue weighted by molar-refractivity contribution is 0.0281. The van der Waals surface area contributed by atoms with Crippen molar-refractivity contribution in [3.05, 3.63) is 130 Å². The first kappa shape index (κ1) is 24.7. The maximum atomic E-state index is 13.3. The predicted octanol–water partition coefficient (Wildman–Crippen LogP) is 6.38. The number of esters is 1. The quantitative estimate of drug-likeness (QED) is 0.224. The van der Waals surface area contributed by atoms with Gasteiger partial charge in [0.25, 0.3) is 5.91 Å². The largest absolute Gasteiger partial charge is 0.497 e. The fourth-order valence-electron chi connectivity index (χ4n) is 3.54. The maximum absolute atomic E-state index is 13.3. The molecule has 0 aliphatic heterocycles. The summed E-state index contributed by atoms with van der Waals surface area (Å²) < 4.78 is 10.9. The second-order valence-corrected chi connectivity index (χ2v) is 8.23. The van der Waals surface area contributed by atoms with E-state index in [9.17, 15) is 14.4 Å². The van der Waals surface area contributed by atoms with Gasteiger partial charge in [0.15, 0.2) is 6.10 Å². The molecular formula is C29H22ClNO5. The number of rotatable bonds is 8. The third-order valence-electron chi connectivity index (χ3n) is 5.44. The van der Waals surface area contributed by atoms with E-state index in [0.29, 0.717) is 27.5 Å². The van der Waals surface area contributed by atoms with Gasteiger partial charge in [0.2, 0.25) is 5.78 Å². The van der Waals surface area contributed by atoms with Crippen molar-refractivity contribution in [3.63, 3.8) is 0 Å². The lowest BCUT2D eigenvalue weighted by Gasteiger charge is -2.19. The molecule has 0 saturated heterocycles. The van der Waals surface area contributed by atoms with Gasteiger partial charge in [-0.3, -0.25) is 9.59 Å². The molecule has 6 nitrogen and oxygen atoms in total. The fourth-order valence-corrected chi connectivity index (χ4v) is 3.67. The first-order valence-electron chi connectivity index (χ1n) is 11.1. The van der Waals surface area contributed by atoms with E-state index in [4.69, 9.17) is 21.1 Å². The second-order valence-electron chi connectivity index (χ2n) is 7.80. The maximum Gasteiger partial charge on any atom is 0.341 e. The smallest absolute Gasteiger partial charge is 0.341 e. The van der Waals surface area contributed by atoms with Gasteiger partial charge in [0.05, 0.1) is 18.4 Å². The molecule has 36 heavy (non-hydrogen) atoms. The molecule has 7 heteroatoms. The topological polar surface area (TPSA) is 81.7 Å². The summed E-state index contributed by atoms with van der Waals surface area (Å²) in [6.45, 7) is 0. The SMILES string of the molecule is COc1ccc(C(=O)Nc2ccccc2C(=O)O[C@@H](C(=O)c2ccccc2)c2ccc(Cl)cc2)cc1. The average Bonchev–Trinajstić information content (AvgIpc) is 2.92. The summed E-state index contributed by atoms with van der Waals surface area (Å²) in [5.74, 6) is -0.935. The Bertz CT molecular complexity index is 1370. The summed E-state index contributed by atoms with van der Waals surface area (Å²) in [5.41, 5.74) is 1.62. The molecule has 0 spiro atoms. The molecule has 0 aromatic heterocycles. The van der Waals surface area contributed by atoms with Crippen LogP contribution in [0.4, 0.5) is 5.69 Å². The number of ketones is 1. The molecule has 4 aromatic rings. The summed E-state index contributed by atoms with van der Waals surface area (Å²) in [4.78, 5) is 39.4. The number of ether oxygens (including phenoxy) is 2. The number of hydrogen-bond acceptors (Lipinski definition) is 5. The van der Waals surface area contributed by atoms with Gasteiger partial charge in [0.1, 0.15) is 5.75 Å². The fraction of sp³-hybridized carbons (Fsp3) is 0.0690. The van der Waals surface area contributed by atoms with Crippen molar-refractivity contribution in [1.82, 2.24) is 0 Å². The van der Waals surface area contributed by atoms with Crippen molar-refractivity contribution in [3.8, 4) is 5.75 Å². The molecule has 1 N–H and O–H groups in total. The molecule has 0 saturated carbocycles. The molecule has 0 heterocycles. The Morgan fingerprint density at radius 1 is 0.750 bits per heavy atom. The van der Waals surface area contributed by atoms with Crippen molar-refractivity contribution < 1.29 is 23.9 Å². The van der Waals surface area contributed by atoms with E-state index in [0.717, 1.165) is 0 Å². The van der Waals surface area contributed by atoms with Crippen LogP contribution in [0.1, 0.15) is 42.7 Å². The van der Waals surface area contributed by atoms with Crippen LogP contribution in [-0.4, -0.2) is 24.8 Å². The van der Waals surface area contributed by atoms with E-state index in [2.05, 4.69) is 5.32 Å². The van der Waals surface area contributed by atoms with Gasteiger partial charge < -0.3 is 14.8 Å². The van der Waals surface area contributed by atoms with E-state index >= 15 is 0 Å². The molecule has 0 radical (unpaired) electrons. The number of benzene rings is 4. The molecular weight excluding hydrogens is 478 g/mol. The number of halogens is 1. The van der Waals surface area contributed by atoms with Crippen LogP contribution in [0.3, 0.4) is 0 Å². The standard InChI is InChI=1S/C29H22ClNO5/c1-35-23-17-13-21(14-18-23)28(33)31-25-10-6-5-9-24(25)29(34)36-27(20-11-15-22(30)16-12-20)26(32)19-7-3-2-4-8-19/h2-18,27H,1H3,(H,31,33)/t27-/m1/s1. The number of nitrogens with one attached hydrogen (secondary N) is 1. The average molecular weight is 500 g/mol. The van der Waals surface area contributed by atoms with Crippen LogP contribution in [0.5, 0.6) is 5.75 Å². The molecule has 1 amide bonds. The zero-order chi connectivity index (χ0) is 25.5. The third kappa shape index (κ3) is 5.79. The van der Waals surface area contributed by atoms with Gasteiger partial charge >= 0.3 is 5.97 Å². The van der Waals surface area contributed by atoms with Crippen LogP contribution in [0.15, 0.2) is 103 Å². The number of Topliss-reactive ketones (excluding diaryl/α,β-unsaturated/α-hetero) is 1. The van der Waals surface area contributed by atoms with Gasteiger partial charge in [-0.2, -0.15) is 0 Å². The molecule has 4 rings (SSSR count). The van der Waals surface area contributed by atoms with Crippen LogP contribution < -0.4 is 10.1 Å². The van der Waals surface area contributed by atoms with Crippen LogP contribution in [0, 0.1) is 0 Å². The predicted molar refractivity (Wildman–Crippen MR) is 138 cm³/mol. The highest BCUT2D eigenvalue weighted by molar-refractivity contribution is 6.30. The van der Waals surface area contributed by atoms with Crippen molar-refractivity contribution in [2.24, 2.45) is 0 Å². The highest BCUT2D eigenvalue weighted by atomic mass is 35.5. The summed E-state index contributed by atoms with van der Waals surface area (Å²) in [7, 11) is 1.54. The Hall–Kier alpha value is -4.42. The number of hydrogen-bond donors (Lipinski definition) is 1. The molecule has 180 valence electrons. The van der Waals surface area contributed by atoms with Gasteiger partial charge in [0, 0.05) is 21.7 Å². The lowest BCUT2D eigenvalue weighted by Crippen LogP contribution is -2.22. The van der Waals surface area contributed by atoms with E-state index in [1.165, 1.54) is 13.2 Å². The van der Waals surface area contributed by atoms with Crippen LogP contribution >= 0.6 is 11.6 Å². The molecule has 1 atom stereocenters. The second kappa shape index (κ2) is 11.3. The molecule has 0 aliphatic carbocycles. The lowest BCUT2D eigenvalue weighted by atomic mass is 9.99. The first-order valence-corrected chi connectivity index (χ1v) is 11.4. The molecule has 0 bridgehead atoms. The zero-order valence-electron chi connectivity index (χ0n) is 19.3. The van der Waals surface area contributed by atoms with Gasteiger partial charge in [-0.15, -0.1) is 0 Å². The Balaban J connectivity index is 1.60. The Labute approximate surface area is 213 Å². The van der Waals surface area contributed by atoms with Crippen molar-refractivity contribution >= 4 is 34.9 Å². The third-order valence-corrected chi connectivity index (χ3v) is 5.69. The Kier molecular flexibility index (Phi) is 7.78. The Morgan fingerprint density at radius 3 is 2.06 bits per heavy atom. The number of para-hydroxylation sites is 1. The summed E-state index contributed by atoms with van der Waals surface area (Å²) >= 11 is 6.01. The number of carbonyl (C=O) groups is 3. The van der Waals surface area contributed by atoms with Gasteiger partial charge in [-0.05, 0) is 48.5 Å².